The van der Waals surface area contributed by atoms with Gasteiger partial charge in [-0.3, -0.25) is 0 Å². The summed E-state index contributed by atoms with van der Waals surface area (Å²) in [4.78, 5) is 2.36. The van der Waals surface area contributed by atoms with Crippen molar-refractivity contribution in [1.82, 2.24) is 10.2 Å². The third-order valence-corrected chi connectivity index (χ3v) is 11.8. The van der Waals surface area contributed by atoms with Gasteiger partial charge in [-0.05, 0) is 58.9 Å². The minimum Gasteiger partial charge on any atom is -0.416 e. The van der Waals surface area contributed by atoms with E-state index in [-0.39, 0.29) is 0 Å². The molecule has 0 bridgehead atoms. The van der Waals surface area contributed by atoms with Crippen molar-refractivity contribution in [3.63, 3.8) is 0 Å². The summed E-state index contributed by atoms with van der Waals surface area (Å²) in [6.07, 6.45) is -1.24. The Bertz CT molecular complexity index is 1350. The van der Waals surface area contributed by atoms with E-state index in [0.29, 0.717) is 11.8 Å². The number of hydrogen-bond acceptors (Lipinski definition) is 4. The maximum atomic E-state index is 5.94. The second-order valence-electron chi connectivity index (χ2n) is 7.64. The van der Waals surface area contributed by atoms with Gasteiger partial charge in [0.15, 0.2) is 6.29 Å². The summed E-state index contributed by atoms with van der Waals surface area (Å²) < 4.78 is 5.94. The SMILES string of the molecule is I[SiH]1c2ccccc2N(c2ccc(-c3nnc(-c4ccccc4)o3)cc2)c2ccccc21. The van der Waals surface area contributed by atoms with Crippen LogP contribution in [-0.2, 0) is 0 Å². The Morgan fingerprint density at radius 1 is 0.594 bits per heavy atom. The van der Waals surface area contributed by atoms with E-state index in [0.717, 1.165) is 16.8 Å². The van der Waals surface area contributed by atoms with Gasteiger partial charge < -0.3 is 9.32 Å². The summed E-state index contributed by atoms with van der Waals surface area (Å²) in [6.45, 7) is 0. The molecule has 0 radical (unpaired) electrons. The van der Waals surface area contributed by atoms with Gasteiger partial charge in [0.05, 0.1) is 0 Å². The number of fused-ring (bicyclic) bond motifs is 2. The lowest BCUT2D eigenvalue weighted by Crippen LogP contribution is -2.46. The van der Waals surface area contributed by atoms with Crippen LogP contribution >= 0.6 is 21.8 Å². The number of hydrogen-bond donors (Lipinski definition) is 0. The molecule has 1 aliphatic rings. The molecule has 0 saturated heterocycles. The van der Waals surface area contributed by atoms with Crippen LogP contribution in [0.5, 0.6) is 0 Å². The number of benzene rings is 4. The molecule has 6 heteroatoms. The van der Waals surface area contributed by atoms with Crippen LogP contribution in [-0.4, -0.2) is 16.5 Å². The second kappa shape index (κ2) is 8.03. The van der Waals surface area contributed by atoms with Crippen LogP contribution in [0.3, 0.4) is 0 Å². The van der Waals surface area contributed by atoms with Gasteiger partial charge in [-0.25, -0.2) is 0 Å². The highest BCUT2D eigenvalue weighted by Crippen LogP contribution is 2.37. The van der Waals surface area contributed by atoms with Crippen molar-refractivity contribution in [1.29, 1.82) is 0 Å². The fourth-order valence-electron chi connectivity index (χ4n) is 4.18. The highest BCUT2D eigenvalue weighted by Gasteiger charge is 2.30. The van der Waals surface area contributed by atoms with Crippen LogP contribution in [0.25, 0.3) is 22.9 Å². The smallest absolute Gasteiger partial charge is 0.248 e. The van der Waals surface area contributed by atoms with Gasteiger partial charge in [-0.2, -0.15) is 0 Å². The number of anilines is 3. The van der Waals surface area contributed by atoms with Crippen LogP contribution in [0.15, 0.2) is 108 Å². The molecule has 4 nitrogen and oxygen atoms in total. The lowest BCUT2D eigenvalue weighted by Gasteiger charge is -2.35. The molecule has 0 atom stereocenters. The van der Waals surface area contributed by atoms with E-state index in [9.17, 15) is 0 Å². The number of rotatable bonds is 3. The van der Waals surface area contributed by atoms with E-state index in [1.807, 2.05) is 30.3 Å². The van der Waals surface area contributed by atoms with Gasteiger partial charge in [-0.1, -0.05) is 54.6 Å². The molecule has 5 aromatic rings. The predicted molar refractivity (Wildman–Crippen MR) is 140 cm³/mol. The molecule has 6 rings (SSSR count). The summed E-state index contributed by atoms with van der Waals surface area (Å²) in [7, 11) is 0. The number of nitrogens with zero attached hydrogens (tertiary/aromatic N) is 3. The third kappa shape index (κ3) is 3.27. The Balaban J connectivity index is 1.39. The van der Waals surface area contributed by atoms with E-state index in [2.05, 4.69) is 110 Å². The third-order valence-electron chi connectivity index (χ3n) is 5.72. The van der Waals surface area contributed by atoms with E-state index >= 15 is 0 Å². The molecule has 154 valence electrons. The zero-order chi connectivity index (χ0) is 21.5. The monoisotopic (exact) mass is 543 g/mol. The van der Waals surface area contributed by atoms with E-state index in [1.165, 1.54) is 21.7 Å². The highest BCUT2D eigenvalue weighted by molar-refractivity contribution is 14.1. The molecule has 2 heterocycles. The van der Waals surface area contributed by atoms with E-state index in [1.54, 1.807) is 0 Å². The lowest BCUT2D eigenvalue weighted by molar-refractivity contribution is 0.584. The van der Waals surface area contributed by atoms with Crippen molar-refractivity contribution in [3.8, 4) is 22.9 Å². The van der Waals surface area contributed by atoms with Crippen LogP contribution in [0, 0.1) is 0 Å². The van der Waals surface area contributed by atoms with Gasteiger partial charge >= 0.3 is 0 Å². The Labute approximate surface area is 200 Å². The highest BCUT2D eigenvalue weighted by atomic mass is 127. The summed E-state index contributed by atoms with van der Waals surface area (Å²) in [5.74, 6) is 1.05. The van der Waals surface area contributed by atoms with Crippen LogP contribution in [0.1, 0.15) is 0 Å². The quantitative estimate of drug-likeness (QED) is 0.172. The molecule has 0 spiro atoms. The van der Waals surface area contributed by atoms with Crippen molar-refractivity contribution in [2.45, 2.75) is 0 Å². The second-order valence-corrected chi connectivity index (χ2v) is 13.3. The van der Waals surface area contributed by atoms with Gasteiger partial charge in [0.25, 0.3) is 0 Å². The Hall–Kier alpha value is -3.23. The molecule has 1 aromatic heterocycles. The number of halogens is 1. The average Bonchev–Trinajstić information content (AvgIpc) is 3.36. The van der Waals surface area contributed by atoms with Crippen LogP contribution < -0.4 is 15.3 Å². The molecule has 1 aliphatic heterocycles. The molecule has 0 unspecified atom stereocenters. The van der Waals surface area contributed by atoms with E-state index < -0.39 is 6.29 Å². The predicted octanol–water partition coefficient (Wildman–Crippen LogP) is 5.46. The topological polar surface area (TPSA) is 42.2 Å². The maximum absolute atomic E-state index is 5.94. The molecular weight excluding hydrogens is 525 g/mol. The number of para-hydroxylation sites is 2. The normalized spacial score (nSPS) is 13.0. The standard InChI is InChI=1S/C26H18IN3OSi/c27-32-23-12-6-4-10-21(23)30(22-11-5-7-13-24(22)32)20-16-14-19(15-17-20)26-29-28-25(31-26)18-8-2-1-3-9-18/h1-17,32H. The largest absolute Gasteiger partial charge is 0.416 e. The summed E-state index contributed by atoms with van der Waals surface area (Å²) in [5, 5.41) is 11.4. The van der Waals surface area contributed by atoms with Crippen molar-refractivity contribution < 1.29 is 4.42 Å². The first kappa shape index (κ1) is 19.5. The van der Waals surface area contributed by atoms with Gasteiger partial charge in [0.2, 0.25) is 11.8 Å². The van der Waals surface area contributed by atoms with Gasteiger partial charge in [-0.15, -0.1) is 32.0 Å². The Morgan fingerprint density at radius 3 is 1.69 bits per heavy atom. The summed E-state index contributed by atoms with van der Waals surface area (Å²) in [5.41, 5.74) is 5.49. The Morgan fingerprint density at radius 2 is 1.09 bits per heavy atom. The first-order valence-corrected chi connectivity index (χ1v) is 15.7. The van der Waals surface area contributed by atoms with Crippen molar-refractivity contribution in [2.24, 2.45) is 0 Å². The molecule has 0 amide bonds. The van der Waals surface area contributed by atoms with Crippen LogP contribution in [0.2, 0.25) is 0 Å². The molecule has 4 aromatic carbocycles. The average molecular weight is 543 g/mol. The molecule has 0 aliphatic carbocycles. The fraction of sp³-hybridized carbons (Fsp3) is 0. The molecule has 32 heavy (non-hydrogen) atoms. The first-order chi connectivity index (χ1) is 15.8. The summed E-state index contributed by atoms with van der Waals surface area (Å²) >= 11 is 2.67. The van der Waals surface area contributed by atoms with Crippen molar-refractivity contribution >= 4 is 55.5 Å². The maximum Gasteiger partial charge on any atom is 0.248 e. The van der Waals surface area contributed by atoms with Gasteiger partial charge in [0.1, 0.15) is 0 Å². The first-order valence-electron chi connectivity index (χ1n) is 10.4. The van der Waals surface area contributed by atoms with Crippen LogP contribution in [0.4, 0.5) is 17.1 Å². The number of aromatic nitrogens is 2. The van der Waals surface area contributed by atoms with E-state index in [4.69, 9.17) is 4.42 Å². The molecule has 0 N–H and O–H groups in total. The molecule has 0 saturated carbocycles. The van der Waals surface area contributed by atoms with Gasteiger partial charge in [0, 0.05) is 28.2 Å². The minimum absolute atomic E-state index is 0.523. The summed E-state index contributed by atoms with van der Waals surface area (Å²) in [6, 6.07) is 35.7. The fourth-order valence-corrected chi connectivity index (χ4v) is 9.20. The lowest BCUT2D eigenvalue weighted by atomic mass is 10.1. The molecular formula is C26H18IN3OSi. The van der Waals surface area contributed by atoms with Crippen molar-refractivity contribution in [2.75, 3.05) is 4.90 Å². The minimum atomic E-state index is -1.24. The molecule has 0 fully saturated rings. The van der Waals surface area contributed by atoms with Crippen molar-refractivity contribution in [3.05, 3.63) is 103 Å². The zero-order valence-electron chi connectivity index (χ0n) is 17.0. The zero-order valence-corrected chi connectivity index (χ0v) is 20.3. The Kier molecular flexibility index (Phi) is 4.88.